The van der Waals surface area contributed by atoms with E-state index in [4.69, 9.17) is 27.9 Å². The van der Waals surface area contributed by atoms with Crippen molar-refractivity contribution in [2.45, 2.75) is 64.9 Å². The molecule has 1 aromatic rings. The Morgan fingerprint density at radius 2 is 1.92 bits per heavy atom. The van der Waals surface area contributed by atoms with Gasteiger partial charge in [-0.25, -0.2) is 4.79 Å². The Balaban J connectivity index is 0.00000163. The van der Waals surface area contributed by atoms with Gasteiger partial charge in [-0.15, -0.1) is 0 Å². The molecule has 0 aromatic heterocycles. The molecule has 1 aliphatic heterocycles. The van der Waals surface area contributed by atoms with Crippen molar-refractivity contribution in [2.75, 3.05) is 13.1 Å². The van der Waals surface area contributed by atoms with Crippen LogP contribution in [0, 0.1) is 0 Å². The predicted molar refractivity (Wildman–Crippen MR) is 107 cm³/mol. The van der Waals surface area contributed by atoms with Gasteiger partial charge in [0.1, 0.15) is 11.9 Å². The van der Waals surface area contributed by atoms with Crippen LogP contribution in [0.5, 0.6) is 0 Å². The number of amides is 1. The summed E-state index contributed by atoms with van der Waals surface area (Å²) >= 11 is 12.2. The molecule has 0 aliphatic carbocycles. The SMILES string of the molecule is CC.CC(C)(C)OC(=O)N1CCC(CCC=O)(c2ccc(Cl)c(Cl)c2)C1. The highest BCUT2D eigenvalue weighted by molar-refractivity contribution is 6.42. The first kappa shape index (κ1) is 22.8. The molecule has 0 saturated carbocycles. The Kier molecular flexibility index (Phi) is 8.42. The van der Waals surface area contributed by atoms with Gasteiger partial charge in [-0.3, -0.25) is 0 Å². The van der Waals surface area contributed by atoms with Crippen LogP contribution >= 0.6 is 23.2 Å². The molecule has 1 heterocycles. The summed E-state index contributed by atoms with van der Waals surface area (Å²) in [5, 5.41) is 0.975. The monoisotopic (exact) mass is 401 g/mol. The third kappa shape index (κ3) is 5.88. The number of hydrogen-bond acceptors (Lipinski definition) is 3. The largest absolute Gasteiger partial charge is 0.444 e. The molecule has 1 fully saturated rings. The third-order valence-electron chi connectivity index (χ3n) is 4.28. The first-order valence-corrected chi connectivity index (χ1v) is 9.79. The summed E-state index contributed by atoms with van der Waals surface area (Å²) in [6.45, 7) is 10.6. The molecule has 1 amide bonds. The predicted octanol–water partition coefficient (Wildman–Crippen LogP) is 5.88. The van der Waals surface area contributed by atoms with Crippen molar-refractivity contribution in [3.63, 3.8) is 0 Å². The van der Waals surface area contributed by atoms with E-state index in [0.717, 1.165) is 18.3 Å². The van der Waals surface area contributed by atoms with Gasteiger partial charge in [0.15, 0.2) is 0 Å². The summed E-state index contributed by atoms with van der Waals surface area (Å²) in [5.74, 6) is 0. The van der Waals surface area contributed by atoms with E-state index < -0.39 is 5.60 Å². The molecular formula is C20H29Cl2NO3. The highest BCUT2D eigenvalue weighted by Crippen LogP contribution is 2.41. The van der Waals surface area contributed by atoms with Gasteiger partial charge in [0.25, 0.3) is 0 Å². The maximum Gasteiger partial charge on any atom is 0.410 e. The number of nitrogens with zero attached hydrogens (tertiary/aromatic N) is 1. The molecule has 1 saturated heterocycles. The third-order valence-corrected chi connectivity index (χ3v) is 5.02. The van der Waals surface area contributed by atoms with E-state index >= 15 is 0 Å². The topological polar surface area (TPSA) is 46.6 Å². The maximum absolute atomic E-state index is 12.4. The van der Waals surface area contributed by atoms with E-state index in [1.54, 1.807) is 11.0 Å². The van der Waals surface area contributed by atoms with Crippen molar-refractivity contribution in [2.24, 2.45) is 0 Å². The van der Waals surface area contributed by atoms with Crippen molar-refractivity contribution in [1.82, 2.24) is 4.90 Å². The van der Waals surface area contributed by atoms with Crippen LogP contribution in [-0.2, 0) is 14.9 Å². The Morgan fingerprint density at radius 1 is 1.27 bits per heavy atom. The second-order valence-electron chi connectivity index (χ2n) is 7.27. The fourth-order valence-electron chi connectivity index (χ4n) is 3.10. The number of aldehydes is 1. The van der Waals surface area contributed by atoms with Crippen LogP contribution in [0.25, 0.3) is 0 Å². The number of halogens is 2. The van der Waals surface area contributed by atoms with Crippen molar-refractivity contribution in [3.05, 3.63) is 33.8 Å². The molecule has 0 radical (unpaired) electrons. The van der Waals surface area contributed by atoms with Gasteiger partial charge in [-0.05, 0) is 51.3 Å². The van der Waals surface area contributed by atoms with Crippen LogP contribution in [0.4, 0.5) is 4.79 Å². The zero-order valence-electron chi connectivity index (χ0n) is 16.3. The summed E-state index contributed by atoms with van der Waals surface area (Å²) in [7, 11) is 0. The Hall–Kier alpha value is -1.26. The average Bonchev–Trinajstić information content (AvgIpc) is 3.02. The summed E-state index contributed by atoms with van der Waals surface area (Å²) in [6, 6.07) is 5.53. The van der Waals surface area contributed by atoms with Crippen LogP contribution in [-0.4, -0.2) is 36.0 Å². The lowest BCUT2D eigenvalue weighted by Gasteiger charge is -2.30. The van der Waals surface area contributed by atoms with Crippen molar-refractivity contribution in [3.8, 4) is 0 Å². The van der Waals surface area contributed by atoms with Gasteiger partial charge in [0.05, 0.1) is 10.0 Å². The van der Waals surface area contributed by atoms with Crippen LogP contribution in [0.15, 0.2) is 18.2 Å². The number of benzene rings is 1. The number of carbonyl (C=O) groups is 2. The first-order valence-electron chi connectivity index (χ1n) is 9.04. The first-order chi connectivity index (χ1) is 12.2. The van der Waals surface area contributed by atoms with Gasteiger partial charge in [0.2, 0.25) is 0 Å². The molecule has 1 aromatic carbocycles. The lowest BCUT2D eigenvalue weighted by atomic mass is 9.76. The van der Waals surface area contributed by atoms with E-state index in [0.29, 0.717) is 36.0 Å². The Morgan fingerprint density at radius 3 is 2.46 bits per heavy atom. The van der Waals surface area contributed by atoms with E-state index in [9.17, 15) is 9.59 Å². The van der Waals surface area contributed by atoms with Crippen LogP contribution in [0.3, 0.4) is 0 Å². The maximum atomic E-state index is 12.4. The minimum Gasteiger partial charge on any atom is -0.444 e. The second-order valence-corrected chi connectivity index (χ2v) is 8.08. The van der Waals surface area contributed by atoms with Crippen LogP contribution < -0.4 is 0 Å². The van der Waals surface area contributed by atoms with Crippen LogP contribution in [0.2, 0.25) is 10.0 Å². The molecule has 4 nitrogen and oxygen atoms in total. The molecule has 0 bridgehead atoms. The lowest BCUT2D eigenvalue weighted by Crippen LogP contribution is -2.38. The lowest BCUT2D eigenvalue weighted by molar-refractivity contribution is -0.108. The molecule has 0 spiro atoms. The standard InChI is InChI=1S/C18H23Cl2NO3.C2H6/c1-17(2,3)24-16(23)21-9-8-18(12-21,7-4-10-22)13-5-6-14(19)15(20)11-13;1-2/h5-6,10-11H,4,7-9,12H2,1-3H3;1-2H3. The fourth-order valence-corrected chi connectivity index (χ4v) is 3.40. The fraction of sp³-hybridized carbons (Fsp3) is 0.600. The second kappa shape index (κ2) is 9.61. The number of carbonyl (C=O) groups excluding carboxylic acids is 2. The van der Waals surface area contributed by atoms with Crippen LogP contribution in [0.1, 0.15) is 59.4 Å². The average molecular weight is 402 g/mol. The number of likely N-dealkylation sites (tertiary alicyclic amines) is 1. The minimum atomic E-state index is -0.533. The van der Waals surface area contributed by atoms with Crippen molar-refractivity contribution < 1.29 is 14.3 Å². The van der Waals surface area contributed by atoms with Crippen molar-refractivity contribution >= 4 is 35.6 Å². The van der Waals surface area contributed by atoms with E-state index in [1.807, 2.05) is 46.8 Å². The molecular weight excluding hydrogens is 373 g/mol. The molecule has 146 valence electrons. The minimum absolute atomic E-state index is 0.300. The van der Waals surface area contributed by atoms with Gasteiger partial charge in [-0.1, -0.05) is 43.1 Å². The zero-order chi connectivity index (χ0) is 20.0. The van der Waals surface area contributed by atoms with E-state index in [1.165, 1.54) is 0 Å². The highest BCUT2D eigenvalue weighted by Gasteiger charge is 2.42. The quantitative estimate of drug-likeness (QED) is 0.591. The molecule has 26 heavy (non-hydrogen) atoms. The van der Waals surface area contributed by atoms with Crippen molar-refractivity contribution in [1.29, 1.82) is 0 Å². The summed E-state index contributed by atoms with van der Waals surface area (Å²) < 4.78 is 5.47. The van der Waals surface area contributed by atoms with E-state index in [-0.39, 0.29) is 11.5 Å². The molecule has 0 N–H and O–H groups in total. The molecule has 6 heteroatoms. The summed E-state index contributed by atoms with van der Waals surface area (Å²) in [4.78, 5) is 25.0. The van der Waals surface area contributed by atoms with Gasteiger partial charge in [0, 0.05) is 24.9 Å². The highest BCUT2D eigenvalue weighted by atomic mass is 35.5. The van der Waals surface area contributed by atoms with Gasteiger partial charge < -0.3 is 14.4 Å². The van der Waals surface area contributed by atoms with Gasteiger partial charge in [-0.2, -0.15) is 0 Å². The number of ether oxygens (including phenoxy) is 1. The summed E-state index contributed by atoms with van der Waals surface area (Å²) in [5.41, 5.74) is 0.172. The Labute approximate surface area is 166 Å². The molecule has 1 unspecified atom stereocenters. The normalized spacial score (nSPS) is 19.6. The molecule has 2 rings (SSSR count). The van der Waals surface area contributed by atoms with E-state index in [2.05, 4.69) is 0 Å². The molecule has 1 aliphatic rings. The van der Waals surface area contributed by atoms with Gasteiger partial charge >= 0.3 is 6.09 Å². The number of rotatable bonds is 4. The smallest absolute Gasteiger partial charge is 0.410 e. The summed E-state index contributed by atoms with van der Waals surface area (Å²) in [6.07, 6.45) is 2.44. The molecule has 1 atom stereocenters. The zero-order valence-corrected chi connectivity index (χ0v) is 17.8. The Bertz CT molecular complexity index is 628. The number of hydrogen-bond donors (Lipinski definition) is 0.